The van der Waals surface area contributed by atoms with E-state index in [1.807, 2.05) is 0 Å². The summed E-state index contributed by atoms with van der Waals surface area (Å²) in [6.45, 7) is 0. The van der Waals surface area contributed by atoms with E-state index in [1.54, 1.807) is 12.1 Å². The smallest absolute Gasteiger partial charge is 0.163 e. The number of hydrogen-bond donors (Lipinski definition) is 0. The molecule has 0 bridgehead atoms. The Morgan fingerprint density at radius 3 is 2.50 bits per heavy atom. The van der Waals surface area contributed by atoms with Gasteiger partial charge in [-0.05, 0) is 12.0 Å². The highest BCUT2D eigenvalue weighted by Gasteiger charge is 2.19. The lowest BCUT2D eigenvalue weighted by Crippen LogP contribution is -2.26. The SMILES string of the molecule is [B]c1cc2c(cc1[B])C(=O)CC2. The Labute approximate surface area is 74.0 Å². The fourth-order valence-corrected chi connectivity index (χ4v) is 1.53. The zero-order chi connectivity index (χ0) is 8.72. The summed E-state index contributed by atoms with van der Waals surface area (Å²) in [6, 6.07) is 3.48. The van der Waals surface area contributed by atoms with Crippen LogP contribution in [0.25, 0.3) is 0 Å². The number of ketones is 1. The van der Waals surface area contributed by atoms with Crippen molar-refractivity contribution < 1.29 is 4.79 Å². The second kappa shape index (κ2) is 2.51. The maximum absolute atomic E-state index is 11.2. The predicted octanol–water partition coefficient (Wildman–Crippen LogP) is -0.597. The zero-order valence-corrected chi connectivity index (χ0v) is 6.63. The Morgan fingerprint density at radius 2 is 1.75 bits per heavy atom. The quantitative estimate of drug-likeness (QED) is 0.453. The van der Waals surface area contributed by atoms with Crippen molar-refractivity contribution in [3.63, 3.8) is 0 Å². The lowest BCUT2D eigenvalue weighted by molar-refractivity contribution is 0.0994. The third kappa shape index (κ3) is 1.01. The van der Waals surface area contributed by atoms with Crippen molar-refractivity contribution in [2.45, 2.75) is 12.8 Å². The first-order valence-electron chi connectivity index (χ1n) is 3.89. The molecule has 0 spiro atoms. The number of carbonyl (C=O) groups is 1. The minimum atomic E-state index is 0.178. The number of aryl methyl sites for hydroxylation is 1. The van der Waals surface area contributed by atoms with Crippen LogP contribution >= 0.6 is 0 Å². The van der Waals surface area contributed by atoms with Gasteiger partial charge in [0.25, 0.3) is 0 Å². The first-order chi connectivity index (χ1) is 5.68. The van der Waals surface area contributed by atoms with E-state index in [0.717, 1.165) is 17.5 Å². The van der Waals surface area contributed by atoms with Crippen molar-refractivity contribution >= 4 is 32.4 Å². The summed E-state index contributed by atoms with van der Waals surface area (Å²) in [5, 5.41) is 0. The molecular weight excluding hydrogens is 146 g/mol. The summed E-state index contributed by atoms with van der Waals surface area (Å²) >= 11 is 0. The predicted molar refractivity (Wildman–Crippen MR) is 49.9 cm³/mol. The average Bonchev–Trinajstić information content (AvgIpc) is 2.35. The molecule has 3 heteroatoms. The Kier molecular flexibility index (Phi) is 1.60. The molecule has 1 aliphatic rings. The van der Waals surface area contributed by atoms with E-state index in [-0.39, 0.29) is 5.78 Å². The lowest BCUT2D eigenvalue weighted by Gasteiger charge is -2.03. The van der Waals surface area contributed by atoms with E-state index in [4.69, 9.17) is 15.7 Å². The molecule has 4 radical (unpaired) electrons. The van der Waals surface area contributed by atoms with Gasteiger partial charge in [0.15, 0.2) is 5.78 Å². The third-order valence-electron chi connectivity index (χ3n) is 2.23. The van der Waals surface area contributed by atoms with E-state index < -0.39 is 0 Å². The monoisotopic (exact) mass is 152 g/mol. The van der Waals surface area contributed by atoms with Crippen LogP contribution in [0, 0.1) is 0 Å². The molecular formula is C9H6B2O. The Bertz CT molecular complexity index is 358. The van der Waals surface area contributed by atoms with Gasteiger partial charge in [0.05, 0.1) is 0 Å². The van der Waals surface area contributed by atoms with E-state index in [2.05, 4.69) is 0 Å². The van der Waals surface area contributed by atoms with Crippen LogP contribution in [0.5, 0.6) is 0 Å². The maximum atomic E-state index is 11.2. The lowest BCUT2D eigenvalue weighted by atomic mass is 9.79. The number of hydrogen-bond acceptors (Lipinski definition) is 1. The molecule has 1 aliphatic carbocycles. The minimum absolute atomic E-state index is 0.178. The molecule has 1 nitrogen and oxygen atoms in total. The second-order valence-corrected chi connectivity index (χ2v) is 3.06. The Morgan fingerprint density at radius 1 is 1.08 bits per heavy atom. The fourth-order valence-electron chi connectivity index (χ4n) is 1.53. The van der Waals surface area contributed by atoms with Crippen molar-refractivity contribution in [3.05, 3.63) is 23.3 Å². The van der Waals surface area contributed by atoms with Crippen LogP contribution in [0.2, 0.25) is 0 Å². The first kappa shape index (κ1) is 7.66. The van der Waals surface area contributed by atoms with Crippen LogP contribution < -0.4 is 10.9 Å². The normalized spacial score (nSPS) is 14.8. The highest BCUT2D eigenvalue weighted by molar-refractivity contribution is 6.48. The van der Waals surface area contributed by atoms with Crippen LogP contribution in [0.4, 0.5) is 0 Å². The number of carbonyl (C=O) groups excluding carboxylic acids is 1. The first-order valence-corrected chi connectivity index (χ1v) is 3.89. The average molecular weight is 152 g/mol. The molecule has 0 aromatic heterocycles. The Hall–Kier alpha value is -0.980. The molecule has 2 rings (SSSR count). The summed E-state index contributed by atoms with van der Waals surface area (Å²) in [4.78, 5) is 11.2. The highest BCUT2D eigenvalue weighted by Crippen LogP contribution is 2.19. The largest absolute Gasteiger partial charge is 0.294 e. The van der Waals surface area contributed by atoms with Crippen molar-refractivity contribution in [1.29, 1.82) is 0 Å². The van der Waals surface area contributed by atoms with Crippen LogP contribution in [-0.2, 0) is 6.42 Å². The van der Waals surface area contributed by atoms with Gasteiger partial charge in [-0.1, -0.05) is 12.1 Å². The van der Waals surface area contributed by atoms with E-state index in [9.17, 15) is 4.79 Å². The van der Waals surface area contributed by atoms with Crippen molar-refractivity contribution in [1.82, 2.24) is 0 Å². The minimum Gasteiger partial charge on any atom is -0.294 e. The van der Waals surface area contributed by atoms with E-state index in [1.165, 1.54) is 0 Å². The molecule has 1 aromatic rings. The van der Waals surface area contributed by atoms with Gasteiger partial charge in [0.2, 0.25) is 0 Å². The van der Waals surface area contributed by atoms with Crippen molar-refractivity contribution in [3.8, 4) is 0 Å². The molecule has 0 saturated carbocycles. The van der Waals surface area contributed by atoms with Gasteiger partial charge in [0, 0.05) is 12.0 Å². The van der Waals surface area contributed by atoms with Crippen LogP contribution in [0.1, 0.15) is 22.3 Å². The number of Topliss-reactive ketones (excluding diaryl/α,β-unsaturated/α-hetero) is 1. The Balaban J connectivity index is 2.63. The van der Waals surface area contributed by atoms with Gasteiger partial charge < -0.3 is 0 Å². The van der Waals surface area contributed by atoms with Gasteiger partial charge in [-0.25, -0.2) is 0 Å². The molecule has 1 aromatic carbocycles. The number of benzene rings is 1. The van der Waals surface area contributed by atoms with E-state index in [0.29, 0.717) is 17.3 Å². The molecule has 0 atom stereocenters. The second-order valence-electron chi connectivity index (χ2n) is 3.06. The highest BCUT2D eigenvalue weighted by atomic mass is 16.1. The van der Waals surface area contributed by atoms with Gasteiger partial charge in [-0.3, -0.25) is 4.79 Å². The molecule has 0 fully saturated rings. The molecule has 0 aliphatic heterocycles. The molecule has 0 amide bonds. The van der Waals surface area contributed by atoms with Gasteiger partial charge in [0.1, 0.15) is 15.7 Å². The molecule has 12 heavy (non-hydrogen) atoms. The standard InChI is InChI=1S/C9H6B2O/c10-7-3-5-1-2-9(12)6(5)4-8(7)11/h3-4H,1-2H2. The zero-order valence-electron chi connectivity index (χ0n) is 6.63. The molecule has 0 unspecified atom stereocenters. The summed E-state index contributed by atoms with van der Waals surface area (Å²) in [5.41, 5.74) is 2.86. The van der Waals surface area contributed by atoms with Crippen LogP contribution in [0.15, 0.2) is 12.1 Å². The van der Waals surface area contributed by atoms with Gasteiger partial charge in [-0.2, -0.15) is 0 Å². The molecule has 54 valence electrons. The van der Waals surface area contributed by atoms with Gasteiger partial charge in [-0.15, -0.1) is 10.9 Å². The van der Waals surface area contributed by atoms with Crippen LogP contribution in [-0.4, -0.2) is 21.5 Å². The third-order valence-corrected chi connectivity index (χ3v) is 2.23. The number of rotatable bonds is 0. The van der Waals surface area contributed by atoms with E-state index >= 15 is 0 Å². The summed E-state index contributed by atoms with van der Waals surface area (Å²) in [5.74, 6) is 0.178. The maximum Gasteiger partial charge on any atom is 0.163 e. The topological polar surface area (TPSA) is 17.1 Å². The molecule has 0 heterocycles. The summed E-state index contributed by atoms with van der Waals surface area (Å²) in [6.07, 6.45) is 1.40. The number of fused-ring (bicyclic) bond motifs is 1. The van der Waals surface area contributed by atoms with Gasteiger partial charge >= 0.3 is 0 Å². The van der Waals surface area contributed by atoms with Crippen LogP contribution in [0.3, 0.4) is 0 Å². The summed E-state index contributed by atoms with van der Waals surface area (Å²) in [7, 11) is 11.2. The fraction of sp³-hybridized carbons (Fsp3) is 0.222. The van der Waals surface area contributed by atoms with Crippen molar-refractivity contribution in [2.75, 3.05) is 0 Å². The summed E-state index contributed by atoms with van der Waals surface area (Å²) < 4.78 is 0. The molecule has 0 N–H and O–H groups in total. The van der Waals surface area contributed by atoms with Crippen molar-refractivity contribution in [2.24, 2.45) is 0 Å². The molecule has 0 saturated heterocycles.